The predicted molar refractivity (Wildman–Crippen MR) is 94.1 cm³/mol. The lowest BCUT2D eigenvalue weighted by Crippen LogP contribution is -2.00. The molecule has 0 saturated carbocycles. The van der Waals surface area contributed by atoms with Gasteiger partial charge in [0, 0.05) is 22.4 Å². The molecule has 25 heavy (non-hydrogen) atoms. The van der Waals surface area contributed by atoms with Crippen LogP contribution in [0.15, 0.2) is 47.8 Å². The van der Waals surface area contributed by atoms with Gasteiger partial charge in [0.05, 0.1) is 5.01 Å². The monoisotopic (exact) mass is 377 g/mol. The Bertz CT molecular complexity index is 896. The Morgan fingerprint density at radius 1 is 1.24 bits per heavy atom. The van der Waals surface area contributed by atoms with Crippen LogP contribution in [0.3, 0.4) is 0 Å². The average molecular weight is 378 g/mol. The molecule has 2 aromatic carbocycles. The Kier molecular flexibility index (Phi) is 5.31. The summed E-state index contributed by atoms with van der Waals surface area (Å²) in [6.07, 6.45) is 0.414. The Morgan fingerprint density at radius 2 is 2.00 bits per heavy atom. The van der Waals surface area contributed by atoms with E-state index < -0.39 is 5.97 Å². The van der Waals surface area contributed by atoms with Crippen molar-refractivity contribution in [3.05, 3.63) is 80.5 Å². The third-order valence-corrected chi connectivity index (χ3v) is 4.53. The fraction of sp³-hybridized carbons (Fsp3) is 0.111. The molecule has 128 valence electrons. The van der Waals surface area contributed by atoms with Crippen LogP contribution < -0.4 is 4.74 Å². The summed E-state index contributed by atoms with van der Waals surface area (Å²) in [5.41, 5.74) is 1.67. The van der Waals surface area contributed by atoms with Gasteiger partial charge < -0.3 is 9.84 Å². The molecule has 0 aliphatic carbocycles. The van der Waals surface area contributed by atoms with Gasteiger partial charge in [0.2, 0.25) is 0 Å². The predicted octanol–water partition coefficient (Wildman–Crippen LogP) is 4.80. The topological polar surface area (TPSA) is 59.4 Å². The summed E-state index contributed by atoms with van der Waals surface area (Å²) >= 11 is 7.34. The van der Waals surface area contributed by atoms with Crippen LogP contribution in [0.4, 0.5) is 4.39 Å². The number of rotatable bonds is 6. The Hall–Kier alpha value is -2.44. The summed E-state index contributed by atoms with van der Waals surface area (Å²) in [5, 5.41) is 11.7. The molecule has 1 N–H and O–H groups in total. The van der Waals surface area contributed by atoms with Crippen molar-refractivity contribution in [3.8, 4) is 5.75 Å². The fourth-order valence-electron chi connectivity index (χ4n) is 2.22. The standard InChI is InChI=1S/C18H13ClFNO3S/c19-13-3-6-16(24-9-11-1-4-14(20)5-2-11)12(7-13)8-17-21-15(10-25-17)18(22)23/h1-7,10H,8-9H2,(H,22,23). The molecule has 0 radical (unpaired) electrons. The van der Waals surface area contributed by atoms with Crippen LogP contribution in [-0.4, -0.2) is 16.1 Å². The van der Waals surface area contributed by atoms with E-state index in [9.17, 15) is 9.18 Å². The number of nitrogens with zero attached hydrogens (tertiary/aromatic N) is 1. The molecule has 3 aromatic rings. The second kappa shape index (κ2) is 7.63. The number of aromatic carboxylic acids is 1. The summed E-state index contributed by atoms with van der Waals surface area (Å²) < 4.78 is 18.8. The first-order chi connectivity index (χ1) is 12.0. The van der Waals surface area contributed by atoms with E-state index in [1.165, 1.54) is 28.8 Å². The molecular weight excluding hydrogens is 365 g/mol. The highest BCUT2D eigenvalue weighted by Crippen LogP contribution is 2.27. The third kappa shape index (κ3) is 4.55. The van der Waals surface area contributed by atoms with Crippen LogP contribution in [0.5, 0.6) is 5.75 Å². The highest BCUT2D eigenvalue weighted by atomic mass is 35.5. The van der Waals surface area contributed by atoms with Gasteiger partial charge >= 0.3 is 5.97 Å². The molecule has 0 aliphatic heterocycles. The summed E-state index contributed by atoms with van der Waals surface area (Å²) in [6, 6.07) is 11.3. The largest absolute Gasteiger partial charge is 0.489 e. The van der Waals surface area contributed by atoms with Gasteiger partial charge in [-0.3, -0.25) is 0 Å². The molecule has 0 aliphatic rings. The molecule has 1 heterocycles. The van der Waals surface area contributed by atoms with Crippen LogP contribution in [0.1, 0.15) is 26.6 Å². The van der Waals surface area contributed by atoms with E-state index in [1.54, 1.807) is 30.3 Å². The highest BCUT2D eigenvalue weighted by Gasteiger charge is 2.12. The summed E-state index contributed by atoms with van der Waals surface area (Å²) in [7, 11) is 0. The molecule has 0 atom stereocenters. The van der Waals surface area contributed by atoms with Crippen LogP contribution in [0, 0.1) is 5.82 Å². The van der Waals surface area contributed by atoms with Crippen molar-refractivity contribution in [2.24, 2.45) is 0 Å². The molecule has 4 nitrogen and oxygen atoms in total. The Morgan fingerprint density at radius 3 is 2.68 bits per heavy atom. The minimum Gasteiger partial charge on any atom is -0.489 e. The summed E-state index contributed by atoms with van der Waals surface area (Å²) in [5.74, 6) is -0.726. The maximum absolute atomic E-state index is 13.0. The molecular formula is C18H13ClFNO3S. The lowest BCUT2D eigenvalue weighted by molar-refractivity contribution is 0.0691. The van der Waals surface area contributed by atoms with Crippen LogP contribution in [-0.2, 0) is 13.0 Å². The molecule has 3 rings (SSSR count). The van der Waals surface area contributed by atoms with Gasteiger partial charge in [0.1, 0.15) is 18.2 Å². The van der Waals surface area contributed by atoms with E-state index >= 15 is 0 Å². The fourth-order valence-corrected chi connectivity index (χ4v) is 3.21. The molecule has 7 heteroatoms. The first-order valence-electron chi connectivity index (χ1n) is 7.34. The zero-order valence-electron chi connectivity index (χ0n) is 12.9. The van der Waals surface area contributed by atoms with Gasteiger partial charge in [-0.15, -0.1) is 11.3 Å². The van der Waals surface area contributed by atoms with Gasteiger partial charge in [-0.1, -0.05) is 23.7 Å². The number of carbonyl (C=O) groups is 1. The SMILES string of the molecule is O=C(O)c1csc(Cc2cc(Cl)ccc2OCc2ccc(F)cc2)n1. The number of ether oxygens (including phenoxy) is 1. The van der Waals surface area contributed by atoms with E-state index in [1.807, 2.05) is 0 Å². The average Bonchev–Trinajstić information content (AvgIpc) is 3.04. The number of thiazole rings is 1. The van der Waals surface area contributed by atoms with Crippen molar-refractivity contribution in [2.45, 2.75) is 13.0 Å². The highest BCUT2D eigenvalue weighted by molar-refractivity contribution is 7.09. The number of hydrogen-bond donors (Lipinski definition) is 1. The van der Waals surface area contributed by atoms with E-state index in [0.29, 0.717) is 22.2 Å². The second-order valence-electron chi connectivity index (χ2n) is 5.28. The molecule has 0 fully saturated rings. The van der Waals surface area contributed by atoms with Crippen LogP contribution in [0.2, 0.25) is 5.02 Å². The normalized spacial score (nSPS) is 10.6. The van der Waals surface area contributed by atoms with Gasteiger partial charge in [0.15, 0.2) is 5.69 Å². The van der Waals surface area contributed by atoms with Crippen molar-refractivity contribution in [1.82, 2.24) is 4.98 Å². The maximum atomic E-state index is 13.0. The van der Waals surface area contributed by atoms with Crippen molar-refractivity contribution in [1.29, 1.82) is 0 Å². The summed E-state index contributed by atoms with van der Waals surface area (Å²) in [6.45, 7) is 0.285. The smallest absolute Gasteiger partial charge is 0.355 e. The zero-order valence-corrected chi connectivity index (χ0v) is 14.5. The molecule has 0 spiro atoms. The quantitative estimate of drug-likeness (QED) is 0.670. The molecule has 0 amide bonds. The number of benzene rings is 2. The molecule has 0 bridgehead atoms. The van der Waals surface area contributed by atoms with Crippen LogP contribution in [0.25, 0.3) is 0 Å². The van der Waals surface area contributed by atoms with Crippen molar-refractivity contribution in [3.63, 3.8) is 0 Å². The van der Waals surface area contributed by atoms with Gasteiger partial charge in [-0.2, -0.15) is 0 Å². The molecule has 1 aromatic heterocycles. The summed E-state index contributed by atoms with van der Waals surface area (Å²) in [4.78, 5) is 15.0. The van der Waals surface area contributed by atoms with Gasteiger partial charge in [0.25, 0.3) is 0 Å². The maximum Gasteiger partial charge on any atom is 0.355 e. The van der Waals surface area contributed by atoms with Crippen molar-refractivity contribution >= 4 is 28.9 Å². The minimum atomic E-state index is -1.05. The minimum absolute atomic E-state index is 0.0239. The number of carboxylic acid groups (broad SMARTS) is 1. The van der Waals surface area contributed by atoms with E-state index in [2.05, 4.69) is 4.98 Å². The Balaban J connectivity index is 1.77. The lowest BCUT2D eigenvalue weighted by Gasteiger charge is -2.11. The first kappa shape index (κ1) is 17.4. The lowest BCUT2D eigenvalue weighted by atomic mass is 10.1. The number of carboxylic acids is 1. The molecule has 0 unspecified atom stereocenters. The van der Waals surface area contributed by atoms with Crippen molar-refractivity contribution < 1.29 is 19.0 Å². The number of aromatic nitrogens is 1. The van der Waals surface area contributed by atoms with Crippen molar-refractivity contribution in [2.75, 3.05) is 0 Å². The zero-order chi connectivity index (χ0) is 17.8. The van der Waals surface area contributed by atoms with Gasteiger partial charge in [-0.05, 0) is 35.9 Å². The number of hydrogen-bond acceptors (Lipinski definition) is 4. The Labute approximate surface area is 152 Å². The first-order valence-corrected chi connectivity index (χ1v) is 8.60. The van der Waals surface area contributed by atoms with E-state index in [4.69, 9.17) is 21.4 Å². The van der Waals surface area contributed by atoms with Gasteiger partial charge in [-0.25, -0.2) is 14.2 Å². The molecule has 0 saturated heterocycles. The third-order valence-electron chi connectivity index (χ3n) is 3.44. The van der Waals surface area contributed by atoms with Crippen LogP contribution >= 0.6 is 22.9 Å². The second-order valence-corrected chi connectivity index (χ2v) is 6.65. The van der Waals surface area contributed by atoms with E-state index in [-0.39, 0.29) is 18.1 Å². The van der Waals surface area contributed by atoms with E-state index in [0.717, 1.165) is 11.1 Å². The number of halogens is 2.